The summed E-state index contributed by atoms with van der Waals surface area (Å²) in [6.07, 6.45) is 5.34. The number of rotatable bonds is 41. The quantitative estimate of drug-likeness (QED) is 0.00916. The van der Waals surface area contributed by atoms with Gasteiger partial charge in [0.05, 0.1) is 24.4 Å². The molecule has 104 heavy (non-hydrogen) atoms. The smallest absolute Gasteiger partial charge is 0.343 e. The molecule has 0 bridgehead atoms. The highest BCUT2D eigenvalue weighted by molar-refractivity contribution is 6.31. The number of halogens is 1. The summed E-state index contributed by atoms with van der Waals surface area (Å²) >= 11 is 5.97. The number of esters is 3. The summed E-state index contributed by atoms with van der Waals surface area (Å²) in [5, 5.41) is 154. The van der Waals surface area contributed by atoms with Gasteiger partial charge in [-0.3, -0.25) is 4.79 Å². The molecule has 0 heterocycles. The molecule has 2 atom stereocenters. The Morgan fingerprint density at radius 3 is 1.04 bits per heavy atom. The van der Waals surface area contributed by atoms with Crippen LogP contribution in [0, 0.1) is 19.4 Å². The van der Waals surface area contributed by atoms with E-state index in [1.54, 1.807) is 62.7 Å². The molecular formula is C40H53ClN54O9. The number of ether oxygens (including phenoxy) is 5. The minimum absolute atomic E-state index is 0.0503. The van der Waals surface area contributed by atoms with Crippen molar-refractivity contribution in [3.05, 3.63) is 119 Å². The second kappa shape index (κ2) is 66.1. The monoisotopic (exact) mass is 1470 g/mol. The second-order valence-corrected chi connectivity index (χ2v) is 16.3. The van der Waals surface area contributed by atoms with Crippen LogP contribution in [0.5, 0.6) is 11.5 Å². The third-order valence-corrected chi connectivity index (χ3v) is 9.36. The average Bonchev–Trinajstić information content (AvgIpc) is 0.867. The fourth-order valence-corrected chi connectivity index (χ4v) is 5.08. The van der Waals surface area contributed by atoms with E-state index in [0.29, 0.717) is 40.9 Å². The summed E-state index contributed by atoms with van der Waals surface area (Å²) in [7, 11) is 3.24. The molecule has 0 saturated heterocycles. The van der Waals surface area contributed by atoms with Gasteiger partial charge in [-0.25, -0.2) is 14.4 Å². The predicted molar refractivity (Wildman–Crippen MR) is 330 cm³/mol. The highest BCUT2D eigenvalue weighted by atomic mass is 35.5. The molecule has 0 aromatic heterocycles. The Balaban J connectivity index is 0.00000166. The first-order chi connectivity index (χ1) is 50.7. The van der Waals surface area contributed by atoms with E-state index in [2.05, 4.69) is 291 Å². The number of nitrogens with zero attached hydrogens (tertiary/aromatic N) is 51. The van der Waals surface area contributed by atoms with Gasteiger partial charge in [-0.2, -0.15) is 5.53 Å². The van der Waals surface area contributed by atoms with E-state index in [-0.39, 0.29) is 30.1 Å². The van der Waals surface area contributed by atoms with Crippen molar-refractivity contribution < 1.29 is 42.9 Å². The van der Waals surface area contributed by atoms with Crippen molar-refractivity contribution in [3.8, 4) is 11.5 Å². The lowest BCUT2D eigenvalue weighted by molar-refractivity contribution is -0.143. The number of aryl methyl sites for hydroxylation is 2. The number of amides is 1. The number of hydrogen-bond acceptors (Lipinski definition) is 11. The molecule has 0 saturated carbocycles. The first-order valence-corrected chi connectivity index (χ1v) is 27.3. The zero-order valence-electron chi connectivity index (χ0n) is 54.3. The largest absolute Gasteiger partial charge is 0.494 e. The molecule has 0 aliphatic rings. The van der Waals surface area contributed by atoms with Gasteiger partial charge in [-0.05, 0) is 186 Å². The molecule has 0 aliphatic carbocycles. The summed E-state index contributed by atoms with van der Waals surface area (Å²) in [4.78, 5) is 44.9. The molecule has 63 nitrogen and oxygen atoms in total. The van der Waals surface area contributed by atoms with Crippen molar-refractivity contribution in [2.75, 3.05) is 27.4 Å². The Morgan fingerprint density at radius 2 is 0.750 bits per heavy atom. The fraction of sp³-hybridized carbons (Fsp3) is 0.350. The van der Waals surface area contributed by atoms with Gasteiger partial charge < -0.3 is 34.8 Å². The molecule has 3 aromatic rings. The SMILES string of the molecule is C=CC(=O)OC(C)CCCOC.C=CC(=O)OC(C)CCCOc1ccc(C(=O)NC)cc1.Cc1ccc(C(=O)Oc2ccc(C)c(Cl)c2)cc1.N=N/N=N/N=N/N=N/N=N/N=N/N=N/N=N/N=N/N=N/N=N/N=N/N=N/N=N/N=N/N=N/N=N/N=N/N=N/N=N/N=N/N=N/N=N/N=N/N=N/N=N/N. The number of nitrogens with one attached hydrogen (secondary N) is 2. The number of carbonyl (C=O) groups excluding carboxylic acids is 4. The summed E-state index contributed by atoms with van der Waals surface area (Å²) in [6, 6.07) is 19.4. The Hall–Kier alpha value is -15.5. The van der Waals surface area contributed by atoms with Gasteiger partial charge in [0, 0.05) is 226 Å². The molecule has 0 spiro atoms. The van der Waals surface area contributed by atoms with Gasteiger partial charge in [-0.15, -0.1) is 0 Å². The van der Waals surface area contributed by atoms with Crippen molar-refractivity contribution in [1.29, 1.82) is 5.53 Å². The molecule has 2 unspecified atom stereocenters. The molecule has 4 N–H and O–H groups in total. The van der Waals surface area contributed by atoms with Gasteiger partial charge in [-0.1, -0.05) is 53.7 Å². The zero-order chi connectivity index (χ0) is 76.2. The maximum atomic E-state index is 11.9. The first kappa shape index (κ1) is 88.5. The lowest BCUT2D eigenvalue weighted by Crippen LogP contribution is -2.17. The van der Waals surface area contributed by atoms with Crippen LogP contribution in [0.15, 0.2) is 358 Å². The van der Waals surface area contributed by atoms with Crippen molar-refractivity contribution in [1.82, 2.24) is 5.32 Å². The van der Waals surface area contributed by atoms with E-state index in [1.807, 2.05) is 45.9 Å². The van der Waals surface area contributed by atoms with E-state index < -0.39 is 5.97 Å². The van der Waals surface area contributed by atoms with Crippen LogP contribution in [0.2, 0.25) is 5.02 Å². The molecule has 1 amide bonds. The summed E-state index contributed by atoms with van der Waals surface area (Å²) in [5.74, 6) is 4.51. The zero-order valence-corrected chi connectivity index (χ0v) is 55.0. The second-order valence-electron chi connectivity index (χ2n) is 15.9. The Labute approximate surface area is 583 Å². The standard InChI is InChI=1S/C16H21NO4.C15H13ClO2.C9H16O3.H3N53/c1-4-15(18)21-12(2)6-5-11-20-14-9-7-13(8-10-14)16(19)17-3;1-10-3-6-12(7-4-10)15(17)18-13-8-5-11(2)14(16)9-13;1-4-9(10)12-8(2)6-5-7-11-3;1-3-5-7-9-11-13-15-17-19-21-23-25-27-29-31-33-35-37-39-41-43-45-47-49-51-53-52-50-48-46-44-42-40-38-36-34-32-30-28-26-24-22-20-18-16-14-12-10-8-6-4-2/h4,7-10,12H,1,5-6,11H2,2-3H3,(H,17,19);3-9H,1-2H3;4,8H,1,5-7H2,2-3H3;(H3,1,2,5,6,9,10,13,14,17,18,21,22,25,26,29,30,33,34,37,38,41,42,45,46,49,50,53). The van der Waals surface area contributed by atoms with E-state index in [4.69, 9.17) is 40.8 Å². The Bertz CT molecular complexity index is 3810. The minimum Gasteiger partial charge on any atom is -0.494 e. The Morgan fingerprint density at radius 1 is 0.452 bits per heavy atom. The molecule has 0 radical (unpaired) electrons. The van der Waals surface area contributed by atoms with Gasteiger partial charge in [0.15, 0.2) is 0 Å². The van der Waals surface area contributed by atoms with E-state index in [1.165, 1.54) is 6.08 Å². The normalized spacial score (nSPS) is 13.3. The fourth-order valence-electron chi connectivity index (χ4n) is 4.91. The van der Waals surface area contributed by atoms with Crippen LogP contribution in [0.1, 0.15) is 71.4 Å². The lowest BCUT2D eigenvalue weighted by Gasteiger charge is -2.12. The van der Waals surface area contributed by atoms with Crippen LogP contribution in [0.4, 0.5) is 0 Å². The topological polar surface area (TPSA) is 807 Å². The summed E-state index contributed by atoms with van der Waals surface area (Å²) < 4.78 is 25.7. The van der Waals surface area contributed by atoms with Crippen molar-refractivity contribution in [3.63, 3.8) is 0 Å². The van der Waals surface area contributed by atoms with Gasteiger partial charge in [0.2, 0.25) is 0 Å². The van der Waals surface area contributed by atoms with Crippen molar-refractivity contribution >= 4 is 35.4 Å². The average molecular weight is 1470 g/mol. The van der Waals surface area contributed by atoms with Crippen LogP contribution < -0.4 is 20.6 Å². The molecule has 3 rings (SSSR count). The van der Waals surface area contributed by atoms with E-state index in [0.717, 1.165) is 42.9 Å². The van der Waals surface area contributed by atoms with Crippen LogP contribution in [0.3, 0.4) is 0 Å². The number of hydrogen-bond donors (Lipinski definition) is 3. The van der Waals surface area contributed by atoms with Crippen LogP contribution in [-0.4, -0.2) is 63.4 Å². The van der Waals surface area contributed by atoms with Gasteiger partial charge in [0.25, 0.3) is 5.91 Å². The number of nitrogens with two attached hydrogens (primary N) is 1. The molecule has 544 valence electrons. The predicted octanol–water partition coefficient (Wildman–Crippen LogP) is 17.1. The van der Waals surface area contributed by atoms with Gasteiger partial charge >= 0.3 is 17.9 Å². The van der Waals surface area contributed by atoms with Crippen molar-refractivity contribution in [2.45, 2.75) is 65.6 Å². The third-order valence-electron chi connectivity index (χ3n) is 8.95. The Kier molecular flexibility index (Phi) is 56.2. The van der Waals surface area contributed by atoms with Crippen LogP contribution in [-0.2, 0) is 23.8 Å². The van der Waals surface area contributed by atoms with Crippen LogP contribution >= 0.6 is 11.6 Å². The van der Waals surface area contributed by atoms with Crippen molar-refractivity contribution in [2.24, 2.45) is 272 Å². The van der Waals surface area contributed by atoms with E-state index in [9.17, 15) is 19.2 Å². The summed E-state index contributed by atoms with van der Waals surface area (Å²) in [5.41, 5.74) is 9.42. The molecule has 64 heteroatoms. The number of carbonyl (C=O) groups is 4. The molecule has 3 aromatic carbocycles. The lowest BCUT2D eigenvalue weighted by atomic mass is 10.1. The summed E-state index contributed by atoms with van der Waals surface area (Å²) in [6.45, 7) is 15.4. The highest BCUT2D eigenvalue weighted by Crippen LogP contribution is 2.23. The number of methoxy groups -OCH3 is 1. The molecule has 0 aliphatic heterocycles. The minimum atomic E-state index is -0.409. The third kappa shape index (κ3) is 56.8. The number of benzene rings is 3. The molecule has 0 fully saturated rings. The maximum absolute atomic E-state index is 11.9. The highest BCUT2D eigenvalue weighted by Gasteiger charge is 2.10. The maximum Gasteiger partial charge on any atom is 0.343 e. The van der Waals surface area contributed by atoms with Crippen LogP contribution in [0.25, 0.3) is 0 Å². The van der Waals surface area contributed by atoms with E-state index >= 15 is 0 Å². The molecular weight excluding hydrogens is 1420 g/mol. The first-order valence-electron chi connectivity index (χ1n) is 27.0. The van der Waals surface area contributed by atoms with Gasteiger partial charge in [0.1, 0.15) is 11.5 Å².